The predicted molar refractivity (Wildman–Crippen MR) is 58.8 cm³/mol. The van der Waals surface area contributed by atoms with Crippen molar-refractivity contribution in [1.29, 1.82) is 0 Å². The summed E-state index contributed by atoms with van der Waals surface area (Å²) in [6.45, 7) is 5.81. The van der Waals surface area contributed by atoms with E-state index in [9.17, 15) is 0 Å². The molecule has 0 radical (unpaired) electrons. The highest BCUT2D eigenvalue weighted by molar-refractivity contribution is 5.61. The van der Waals surface area contributed by atoms with Crippen molar-refractivity contribution in [2.24, 2.45) is 0 Å². The van der Waals surface area contributed by atoms with Crippen molar-refractivity contribution >= 4 is 6.20 Å². The monoisotopic (exact) mass is 184 g/mol. The molecule has 2 rings (SSSR count). The maximum Gasteiger partial charge on any atom is 0.0898 e. The molecule has 0 spiro atoms. The Labute approximate surface area is 83.5 Å². The standard InChI is InChI=1S/C12H12N2/c1-3-14-9-5-7-11(14)12-10(2)6-4-8-13-12/h3-9H,1H2,2H3. The van der Waals surface area contributed by atoms with E-state index < -0.39 is 0 Å². The number of pyridine rings is 1. The Morgan fingerprint density at radius 1 is 1.36 bits per heavy atom. The van der Waals surface area contributed by atoms with Crippen molar-refractivity contribution in [2.45, 2.75) is 6.92 Å². The number of hydrogen-bond acceptors (Lipinski definition) is 1. The third-order valence-electron chi connectivity index (χ3n) is 2.23. The van der Waals surface area contributed by atoms with Gasteiger partial charge in [0.25, 0.3) is 0 Å². The molecule has 0 aliphatic rings. The number of rotatable bonds is 2. The van der Waals surface area contributed by atoms with E-state index in [4.69, 9.17) is 0 Å². The van der Waals surface area contributed by atoms with Gasteiger partial charge in [-0.1, -0.05) is 12.6 Å². The van der Waals surface area contributed by atoms with Crippen LogP contribution in [0.5, 0.6) is 0 Å². The number of hydrogen-bond donors (Lipinski definition) is 0. The number of nitrogens with zero attached hydrogens (tertiary/aromatic N) is 2. The summed E-state index contributed by atoms with van der Waals surface area (Å²) in [6, 6.07) is 8.03. The van der Waals surface area contributed by atoms with Gasteiger partial charge in [0.2, 0.25) is 0 Å². The van der Waals surface area contributed by atoms with Gasteiger partial charge in [0, 0.05) is 18.6 Å². The predicted octanol–water partition coefficient (Wildman–Crippen LogP) is 2.96. The van der Waals surface area contributed by atoms with Gasteiger partial charge < -0.3 is 4.57 Å². The van der Waals surface area contributed by atoms with Gasteiger partial charge in [0.15, 0.2) is 0 Å². The summed E-state index contributed by atoms with van der Waals surface area (Å²) in [4.78, 5) is 4.36. The number of aromatic nitrogens is 2. The first-order chi connectivity index (χ1) is 6.83. The van der Waals surface area contributed by atoms with Gasteiger partial charge in [-0.3, -0.25) is 4.98 Å². The Hall–Kier alpha value is -1.83. The van der Waals surface area contributed by atoms with Crippen LogP contribution in [0.3, 0.4) is 0 Å². The zero-order chi connectivity index (χ0) is 9.97. The third kappa shape index (κ3) is 1.35. The molecule has 0 amide bonds. The van der Waals surface area contributed by atoms with Crippen LogP contribution in [0.2, 0.25) is 0 Å². The Morgan fingerprint density at radius 3 is 2.93 bits per heavy atom. The average molecular weight is 184 g/mol. The normalized spacial score (nSPS) is 10.1. The van der Waals surface area contributed by atoms with Crippen molar-refractivity contribution in [1.82, 2.24) is 9.55 Å². The maximum atomic E-state index is 4.36. The lowest BCUT2D eigenvalue weighted by Gasteiger charge is -2.05. The van der Waals surface area contributed by atoms with E-state index in [2.05, 4.69) is 24.6 Å². The van der Waals surface area contributed by atoms with Crippen LogP contribution in [0, 0.1) is 6.92 Å². The molecule has 0 saturated carbocycles. The highest BCUT2D eigenvalue weighted by atomic mass is 15.0. The molecule has 14 heavy (non-hydrogen) atoms. The van der Waals surface area contributed by atoms with Crippen LogP contribution in [0.4, 0.5) is 0 Å². The first-order valence-corrected chi connectivity index (χ1v) is 4.54. The molecule has 0 saturated heterocycles. The number of aryl methyl sites for hydroxylation is 1. The molecular formula is C12H12N2. The fraction of sp³-hybridized carbons (Fsp3) is 0.0833. The van der Waals surface area contributed by atoms with Crippen LogP contribution in [0.25, 0.3) is 17.6 Å². The van der Waals surface area contributed by atoms with Crippen molar-refractivity contribution in [3.63, 3.8) is 0 Å². The van der Waals surface area contributed by atoms with Gasteiger partial charge >= 0.3 is 0 Å². The van der Waals surface area contributed by atoms with Crippen LogP contribution in [0.15, 0.2) is 43.2 Å². The van der Waals surface area contributed by atoms with Crippen LogP contribution >= 0.6 is 0 Å². The van der Waals surface area contributed by atoms with E-state index in [0.717, 1.165) is 11.4 Å². The lowest BCUT2D eigenvalue weighted by Crippen LogP contribution is -1.92. The fourth-order valence-electron chi connectivity index (χ4n) is 1.51. The molecule has 0 atom stereocenters. The summed E-state index contributed by atoms with van der Waals surface area (Å²) in [5.74, 6) is 0. The van der Waals surface area contributed by atoms with Gasteiger partial charge in [-0.15, -0.1) is 0 Å². The van der Waals surface area contributed by atoms with Crippen molar-refractivity contribution in [3.8, 4) is 11.4 Å². The molecule has 2 heterocycles. The van der Waals surface area contributed by atoms with E-state index in [0.29, 0.717) is 0 Å². The molecule has 0 bridgehead atoms. The summed E-state index contributed by atoms with van der Waals surface area (Å²) in [6.07, 6.45) is 5.56. The second-order valence-electron chi connectivity index (χ2n) is 3.15. The van der Waals surface area contributed by atoms with Crippen LogP contribution in [-0.4, -0.2) is 9.55 Å². The largest absolute Gasteiger partial charge is 0.322 e. The lowest BCUT2D eigenvalue weighted by atomic mass is 10.2. The average Bonchev–Trinajstić information content (AvgIpc) is 2.66. The first kappa shape index (κ1) is 8.75. The molecule has 2 aromatic rings. The molecular weight excluding hydrogens is 172 g/mol. The summed E-state index contributed by atoms with van der Waals surface area (Å²) < 4.78 is 1.97. The van der Waals surface area contributed by atoms with Gasteiger partial charge in [-0.05, 0) is 30.7 Å². The molecule has 0 aliphatic carbocycles. The van der Waals surface area contributed by atoms with Crippen LogP contribution < -0.4 is 0 Å². The quantitative estimate of drug-likeness (QED) is 0.701. The second-order valence-corrected chi connectivity index (χ2v) is 3.15. The SMILES string of the molecule is C=Cn1cccc1-c1ncccc1C. The van der Waals surface area contributed by atoms with Crippen molar-refractivity contribution in [3.05, 3.63) is 48.8 Å². The Kier molecular flexibility index (Phi) is 2.19. The summed E-state index contributed by atoms with van der Waals surface area (Å²) >= 11 is 0. The Balaban J connectivity index is 2.60. The van der Waals surface area contributed by atoms with E-state index in [-0.39, 0.29) is 0 Å². The molecule has 0 aromatic carbocycles. The first-order valence-electron chi connectivity index (χ1n) is 4.54. The van der Waals surface area contributed by atoms with Crippen LogP contribution in [0.1, 0.15) is 5.56 Å². The highest BCUT2D eigenvalue weighted by Crippen LogP contribution is 2.20. The minimum absolute atomic E-state index is 1.01. The minimum Gasteiger partial charge on any atom is -0.322 e. The molecule has 0 aliphatic heterocycles. The van der Waals surface area contributed by atoms with Crippen molar-refractivity contribution < 1.29 is 0 Å². The Bertz CT molecular complexity index is 455. The van der Waals surface area contributed by atoms with Gasteiger partial charge in [0.1, 0.15) is 0 Å². The topological polar surface area (TPSA) is 17.8 Å². The summed E-state index contributed by atoms with van der Waals surface area (Å²) in [5, 5.41) is 0. The zero-order valence-corrected chi connectivity index (χ0v) is 8.14. The second kappa shape index (κ2) is 3.50. The Morgan fingerprint density at radius 2 is 2.21 bits per heavy atom. The molecule has 0 N–H and O–H groups in total. The minimum atomic E-state index is 1.01. The van der Waals surface area contributed by atoms with E-state index in [1.165, 1.54) is 5.56 Å². The van der Waals surface area contributed by atoms with Crippen molar-refractivity contribution in [2.75, 3.05) is 0 Å². The summed E-state index contributed by atoms with van der Waals surface area (Å²) in [7, 11) is 0. The molecule has 2 aromatic heterocycles. The summed E-state index contributed by atoms with van der Waals surface area (Å²) in [5.41, 5.74) is 3.27. The molecule has 0 fully saturated rings. The van der Waals surface area contributed by atoms with Gasteiger partial charge in [-0.25, -0.2) is 0 Å². The smallest absolute Gasteiger partial charge is 0.0898 e. The maximum absolute atomic E-state index is 4.36. The molecule has 2 nitrogen and oxygen atoms in total. The van der Waals surface area contributed by atoms with Gasteiger partial charge in [-0.2, -0.15) is 0 Å². The molecule has 0 unspecified atom stereocenters. The van der Waals surface area contributed by atoms with Gasteiger partial charge in [0.05, 0.1) is 11.4 Å². The third-order valence-corrected chi connectivity index (χ3v) is 2.23. The lowest BCUT2D eigenvalue weighted by molar-refractivity contribution is 1.14. The fourth-order valence-corrected chi connectivity index (χ4v) is 1.51. The van der Waals surface area contributed by atoms with Crippen LogP contribution in [-0.2, 0) is 0 Å². The van der Waals surface area contributed by atoms with E-state index in [1.807, 2.05) is 35.2 Å². The molecule has 70 valence electrons. The van der Waals surface area contributed by atoms with E-state index in [1.54, 1.807) is 6.20 Å². The molecule has 2 heteroatoms. The zero-order valence-electron chi connectivity index (χ0n) is 8.14. The van der Waals surface area contributed by atoms with E-state index >= 15 is 0 Å². The highest BCUT2D eigenvalue weighted by Gasteiger charge is 2.05.